The van der Waals surface area contributed by atoms with Gasteiger partial charge in [0.2, 0.25) is 19.0 Å². The van der Waals surface area contributed by atoms with Crippen LogP contribution in [0.25, 0.3) is 50.2 Å². The third-order valence-electron chi connectivity index (χ3n) is 19.3. The van der Waals surface area contributed by atoms with Crippen LogP contribution < -0.4 is 13.7 Å². The first-order valence-corrected chi connectivity index (χ1v) is 27.6. The van der Waals surface area contributed by atoms with Gasteiger partial charge in [-0.3, -0.25) is 0 Å². The highest BCUT2D eigenvalue weighted by molar-refractivity contribution is 5.80. The molecule has 74 heavy (non-hydrogen) atoms. The lowest BCUT2D eigenvalue weighted by Crippen LogP contribution is -2.56. The number of imidazole rings is 3. The van der Waals surface area contributed by atoms with Gasteiger partial charge in [-0.1, -0.05) is 0 Å². The molecule has 0 amide bonds. The normalized spacial score (nSPS) is 22.8. The van der Waals surface area contributed by atoms with Crippen LogP contribution in [0.1, 0.15) is 170 Å². The molecule has 9 aliphatic carbocycles. The second kappa shape index (κ2) is 16.6. The monoisotopic (exact) mass is 966 g/mol. The average Bonchev–Trinajstić information content (AvgIpc) is 4.12. The molecule has 3 heterocycles. The molecule has 18 rings (SSSR count). The van der Waals surface area contributed by atoms with Crippen molar-refractivity contribution in [3.8, 4) is 35.3 Å². The van der Waals surface area contributed by atoms with Crippen LogP contribution in [0.3, 0.4) is 0 Å². The van der Waals surface area contributed by atoms with Gasteiger partial charge in [0.1, 0.15) is 36.7 Å². The topological polar surface area (TPSA) is 97.8 Å². The number of rotatable bonds is 9. The molecule has 9 aromatic rings. The third kappa shape index (κ3) is 6.87. The van der Waals surface area contributed by atoms with E-state index < -0.39 is 0 Å². The fraction of sp³-hybridized carbons (Fsp3) is 0.354. The third-order valence-corrected chi connectivity index (χ3v) is 19.3. The van der Waals surface area contributed by atoms with Crippen LogP contribution >= 0.6 is 0 Å². The Hall–Kier alpha value is -7.80. The van der Waals surface area contributed by atoms with Gasteiger partial charge in [-0.05, 0) is 262 Å². The van der Waals surface area contributed by atoms with Crippen molar-refractivity contribution in [1.82, 2.24) is 13.7 Å². The minimum atomic E-state index is -0.365. The van der Waals surface area contributed by atoms with Crippen molar-refractivity contribution in [3.05, 3.63) is 178 Å². The smallest absolute Gasteiger partial charge is 0.229 e. The van der Waals surface area contributed by atoms with E-state index >= 15 is 0 Å². The summed E-state index contributed by atoms with van der Waals surface area (Å²) in [6.45, 7) is 4.76. The molecule has 9 aliphatic rings. The van der Waals surface area contributed by atoms with Crippen molar-refractivity contribution in [2.24, 2.45) is 5.41 Å². The molecule has 0 radical (unpaired) electrons. The van der Waals surface area contributed by atoms with Gasteiger partial charge in [0.25, 0.3) is 0 Å². The standard InChI is InChI=1S/C65H60N9/c1-65(35-69-38-72(50-20-2-41(32-66)3-21-50)62-29-56-47-14-8-44(9-15-47)53(56)26-59(62)69,36-70-39-73(51-22-4-42(33-67)5-23-51)63-30-57-48-16-10-45(11-17-48)54(57)27-60(63)70)37-71-40-74(52-24-6-43(34-68)7-25-52)64-31-58-49-18-12-46(13-19-49)55(58)28-61(64)71/h2-7,20-31,38-40,44-49H,8-19,35-37H2,1H3/q+3. The molecule has 9 nitrogen and oxygen atoms in total. The van der Waals surface area contributed by atoms with Gasteiger partial charge in [-0.15, -0.1) is 0 Å². The number of hydrogen-bond acceptors (Lipinski definition) is 3. The minimum Gasteiger partial charge on any atom is -0.229 e. The van der Waals surface area contributed by atoms with E-state index in [1.807, 2.05) is 36.4 Å². The van der Waals surface area contributed by atoms with E-state index in [0.717, 1.165) is 36.7 Å². The maximum absolute atomic E-state index is 9.83. The summed E-state index contributed by atoms with van der Waals surface area (Å²) in [6, 6.07) is 46.7. The Kier molecular flexibility index (Phi) is 9.82. The average molecular weight is 967 g/mol. The first kappa shape index (κ1) is 43.8. The molecule has 0 aliphatic heterocycles. The molecule has 0 N–H and O–H groups in total. The summed E-state index contributed by atoms with van der Waals surface area (Å²) in [5.74, 6) is 3.64. The summed E-state index contributed by atoms with van der Waals surface area (Å²) in [7, 11) is 0. The highest BCUT2D eigenvalue weighted by Crippen LogP contribution is 2.53. The fourth-order valence-corrected chi connectivity index (χ4v) is 15.6. The van der Waals surface area contributed by atoms with E-state index in [9.17, 15) is 15.8 Å². The zero-order valence-electron chi connectivity index (χ0n) is 42.2. The van der Waals surface area contributed by atoms with Crippen molar-refractivity contribution in [3.63, 3.8) is 0 Å². The Morgan fingerprint density at radius 2 is 0.608 bits per heavy atom. The predicted molar refractivity (Wildman–Crippen MR) is 285 cm³/mol. The molecule has 6 aromatic carbocycles. The lowest BCUT2D eigenvalue weighted by molar-refractivity contribution is -0.760. The maximum Gasteiger partial charge on any atom is 0.250 e. The van der Waals surface area contributed by atoms with E-state index in [-0.39, 0.29) is 5.41 Å². The van der Waals surface area contributed by atoms with Crippen LogP contribution in [0, 0.1) is 39.4 Å². The second-order valence-corrected chi connectivity index (χ2v) is 23.7. The van der Waals surface area contributed by atoms with Crippen molar-refractivity contribution in [2.75, 3.05) is 0 Å². The van der Waals surface area contributed by atoms with Crippen LogP contribution in [-0.2, 0) is 19.6 Å². The van der Waals surface area contributed by atoms with E-state index in [1.165, 1.54) is 127 Å². The molecule has 362 valence electrons. The van der Waals surface area contributed by atoms with Crippen molar-refractivity contribution < 1.29 is 13.7 Å². The maximum atomic E-state index is 9.83. The largest absolute Gasteiger partial charge is 0.250 e. The van der Waals surface area contributed by atoms with Gasteiger partial charge in [-0.2, -0.15) is 29.5 Å². The number of nitrogens with zero attached hydrogens (tertiary/aromatic N) is 9. The summed E-state index contributed by atoms with van der Waals surface area (Å²) >= 11 is 0. The molecule has 0 unspecified atom stereocenters. The van der Waals surface area contributed by atoms with E-state index in [2.05, 4.69) is 144 Å². The summed E-state index contributed by atoms with van der Waals surface area (Å²) in [4.78, 5) is 0. The van der Waals surface area contributed by atoms with Gasteiger partial charge in [-0.25, -0.2) is 13.7 Å². The first-order valence-electron chi connectivity index (χ1n) is 27.6. The van der Waals surface area contributed by atoms with Crippen LogP contribution in [0.4, 0.5) is 0 Å². The number of benzene rings is 6. The Balaban J connectivity index is 0.941. The van der Waals surface area contributed by atoms with Crippen molar-refractivity contribution >= 4 is 33.1 Å². The van der Waals surface area contributed by atoms with Gasteiger partial charge in [0, 0.05) is 0 Å². The Bertz CT molecular complexity index is 3490. The van der Waals surface area contributed by atoms with E-state index in [0.29, 0.717) is 52.2 Å². The lowest BCUT2D eigenvalue weighted by atomic mass is 9.67. The molecule has 0 saturated heterocycles. The number of nitriles is 3. The Morgan fingerprint density at radius 3 is 0.838 bits per heavy atom. The molecule has 0 atom stereocenters. The predicted octanol–water partition coefficient (Wildman–Crippen LogP) is 12.7. The van der Waals surface area contributed by atoms with Crippen molar-refractivity contribution in [1.29, 1.82) is 15.8 Å². The molecule has 9 heteroatoms. The first-order chi connectivity index (χ1) is 36.3. The zero-order valence-corrected chi connectivity index (χ0v) is 42.2. The highest BCUT2D eigenvalue weighted by Gasteiger charge is 2.42. The van der Waals surface area contributed by atoms with Crippen LogP contribution in [-0.4, -0.2) is 13.7 Å². The quantitative estimate of drug-likeness (QED) is 0.135. The molecule has 6 bridgehead atoms. The van der Waals surface area contributed by atoms with Gasteiger partial charge < -0.3 is 0 Å². The highest BCUT2D eigenvalue weighted by atomic mass is 15.2. The van der Waals surface area contributed by atoms with Crippen LogP contribution in [0.2, 0.25) is 0 Å². The molecule has 3 fully saturated rings. The minimum absolute atomic E-state index is 0.365. The van der Waals surface area contributed by atoms with Crippen LogP contribution in [0.5, 0.6) is 0 Å². The summed E-state index contributed by atoms with van der Waals surface area (Å²) in [6.07, 6.45) is 22.3. The molecular formula is C65H60N9+3. The van der Waals surface area contributed by atoms with Gasteiger partial charge in [0.05, 0.1) is 40.3 Å². The number of hydrogen-bond donors (Lipinski definition) is 0. The van der Waals surface area contributed by atoms with Crippen LogP contribution in [0.15, 0.2) is 128 Å². The zero-order chi connectivity index (χ0) is 49.4. The van der Waals surface area contributed by atoms with Crippen molar-refractivity contribution in [2.45, 2.75) is 139 Å². The summed E-state index contributed by atoms with van der Waals surface area (Å²) < 4.78 is 14.9. The van der Waals surface area contributed by atoms with Gasteiger partial charge >= 0.3 is 0 Å². The Labute approximate surface area is 432 Å². The Morgan fingerprint density at radius 1 is 0.378 bits per heavy atom. The molecule has 3 aromatic heterocycles. The van der Waals surface area contributed by atoms with E-state index in [1.54, 1.807) is 16.7 Å². The summed E-state index contributed by atoms with van der Waals surface area (Å²) in [5, 5.41) is 29.5. The lowest BCUT2D eigenvalue weighted by Gasteiger charge is -2.38. The number of aromatic nitrogens is 6. The summed E-state index contributed by atoms with van der Waals surface area (Å²) in [5.41, 5.74) is 21.5. The second-order valence-electron chi connectivity index (χ2n) is 23.7. The van der Waals surface area contributed by atoms with Gasteiger partial charge in [0.15, 0.2) is 33.1 Å². The molecule has 3 saturated carbocycles. The fourth-order valence-electron chi connectivity index (χ4n) is 15.6. The SMILES string of the molecule is CC(C[n+]1cn(-c2ccc(C#N)cc2)c2cc3c(cc21)C1CCC3CC1)(C[n+]1cn(-c2ccc(C#N)cc2)c2cc3c(cc21)C1CCC3CC1)C[n+]1cn(-c2ccc(C#N)cc2)c2cc3c(cc21)C1CCC3CC1. The molecular weight excluding hydrogens is 907 g/mol. The van der Waals surface area contributed by atoms with E-state index in [4.69, 9.17) is 0 Å². The molecule has 0 spiro atoms. The number of fused-ring (bicyclic) bond motifs is 9.